The molecule has 134 valence electrons. The van der Waals surface area contributed by atoms with Crippen molar-refractivity contribution in [1.29, 1.82) is 0 Å². The molecule has 5 heterocycles. The van der Waals surface area contributed by atoms with Crippen molar-refractivity contribution in [2.75, 3.05) is 24.5 Å². The second-order valence-electron chi connectivity index (χ2n) is 6.97. The highest BCUT2D eigenvalue weighted by molar-refractivity contribution is 7.10. The van der Waals surface area contributed by atoms with Crippen LogP contribution in [-0.2, 0) is 17.8 Å². The van der Waals surface area contributed by atoms with Gasteiger partial charge in [-0.2, -0.15) is 5.10 Å². The zero-order valence-corrected chi connectivity index (χ0v) is 15.2. The molecule has 3 aromatic rings. The number of amides is 1. The molecule has 0 radical (unpaired) electrons. The van der Waals surface area contributed by atoms with E-state index >= 15 is 0 Å². The summed E-state index contributed by atoms with van der Waals surface area (Å²) in [6.07, 6.45) is 6.08. The lowest BCUT2D eigenvalue weighted by Gasteiger charge is -2.36. The van der Waals surface area contributed by atoms with Gasteiger partial charge in [-0.15, -0.1) is 11.3 Å². The van der Waals surface area contributed by atoms with Crippen LogP contribution in [0.25, 0.3) is 11.0 Å². The lowest BCUT2D eigenvalue weighted by atomic mass is 9.94. The molecule has 0 bridgehead atoms. The summed E-state index contributed by atoms with van der Waals surface area (Å²) in [5.74, 6) is 1.35. The van der Waals surface area contributed by atoms with Crippen LogP contribution in [0, 0.1) is 5.92 Å². The number of rotatable bonds is 2. The molecule has 0 aliphatic carbocycles. The number of hydrogen-bond acceptors (Lipinski definition) is 6. The molecule has 5 rings (SSSR count). The summed E-state index contributed by atoms with van der Waals surface area (Å²) < 4.78 is 0. The first-order valence-corrected chi connectivity index (χ1v) is 9.90. The second kappa shape index (κ2) is 6.35. The van der Waals surface area contributed by atoms with Crippen molar-refractivity contribution in [1.82, 2.24) is 25.1 Å². The van der Waals surface area contributed by atoms with E-state index in [4.69, 9.17) is 0 Å². The molecule has 7 nitrogen and oxygen atoms in total. The Morgan fingerprint density at radius 3 is 3.00 bits per heavy atom. The molecule has 8 heteroatoms. The zero-order valence-electron chi connectivity index (χ0n) is 14.4. The Balaban J connectivity index is 1.26. The van der Waals surface area contributed by atoms with E-state index in [1.54, 1.807) is 12.5 Å². The number of thiophene rings is 1. The van der Waals surface area contributed by atoms with Crippen LogP contribution in [0.2, 0.25) is 0 Å². The summed E-state index contributed by atoms with van der Waals surface area (Å²) in [6, 6.07) is 2.16. The third-order valence-electron chi connectivity index (χ3n) is 5.49. The van der Waals surface area contributed by atoms with Gasteiger partial charge in [-0.05, 0) is 36.3 Å². The Hall–Kier alpha value is -2.48. The van der Waals surface area contributed by atoms with Crippen LogP contribution in [0.5, 0.6) is 0 Å². The number of aromatic amines is 1. The van der Waals surface area contributed by atoms with Gasteiger partial charge in [0.25, 0.3) is 0 Å². The minimum Gasteiger partial charge on any atom is -0.356 e. The smallest absolute Gasteiger partial charge is 0.226 e. The summed E-state index contributed by atoms with van der Waals surface area (Å²) in [4.78, 5) is 27.3. The highest BCUT2D eigenvalue weighted by atomic mass is 32.1. The monoisotopic (exact) mass is 368 g/mol. The molecule has 0 aromatic carbocycles. The zero-order chi connectivity index (χ0) is 17.5. The number of nitrogens with zero attached hydrogens (tertiary/aromatic N) is 5. The van der Waals surface area contributed by atoms with Crippen LogP contribution in [0.1, 0.15) is 23.3 Å². The fourth-order valence-electron chi connectivity index (χ4n) is 4.04. The second-order valence-corrected chi connectivity index (χ2v) is 7.97. The molecule has 0 unspecified atom stereocenters. The molecule has 2 aliphatic heterocycles. The minimum atomic E-state index is 0.119. The molecule has 3 aromatic heterocycles. The third kappa shape index (κ3) is 2.65. The predicted molar refractivity (Wildman–Crippen MR) is 100 cm³/mol. The molecule has 0 saturated carbocycles. The SMILES string of the molecule is O=C(C1CCN(c2ncnc3[nH]ncc23)CC1)N1CCc2sccc2C1. The van der Waals surface area contributed by atoms with Crippen LogP contribution in [0.15, 0.2) is 24.0 Å². The number of carbonyl (C=O) groups is 1. The fourth-order valence-corrected chi connectivity index (χ4v) is 4.93. The highest BCUT2D eigenvalue weighted by Gasteiger charge is 2.31. The Kier molecular flexibility index (Phi) is 3.85. The molecular weight excluding hydrogens is 348 g/mol. The van der Waals surface area contributed by atoms with E-state index in [1.807, 2.05) is 16.2 Å². The molecule has 1 saturated heterocycles. The van der Waals surface area contributed by atoms with Crippen molar-refractivity contribution in [2.45, 2.75) is 25.8 Å². The number of piperidine rings is 1. The first kappa shape index (κ1) is 15.7. The Morgan fingerprint density at radius 1 is 1.23 bits per heavy atom. The van der Waals surface area contributed by atoms with Gasteiger partial charge in [0, 0.05) is 37.0 Å². The molecule has 1 amide bonds. The van der Waals surface area contributed by atoms with E-state index in [9.17, 15) is 4.79 Å². The number of fused-ring (bicyclic) bond motifs is 2. The Morgan fingerprint density at radius 2 is 2.12 bits per heavy atom. The van der Waals surface area contributed by atoms with Crippen molar-refractivity contribution in [3.8, 4) is 0 Å². The van der Waals surface area contributed by atoms with Gasteiger partial charge < -0.3 is 9.80 Å². The van der Waals surface area contributed by atoms with Gasteiger partial charge in [0.1, 0.15) is 12.1 Å². The van der Waals surface area contributed by atoms with E-state index in [1.165, 1.54) is 10.4 Å². The number of H-pyrrole nitrogens is 1. The maximum atomic E-state index is 13.0. The molecule has 0 atom stereocenters. The largest absolute Gasteiger partial charge is 0.356 e. The molecular formula is C18H20N6OS. The van der Waals surface area contributed by atoms with Crippen molar-refractivity contribution in [3.63, 3.8) is 0 Å². The maximum absolute atomic E-state index is 13.0. The summed E-state index contributed by atoms with van der Waals surface area (Å²) in [7, 11) is 0. The van der Waals surface area contributed by atoms with E-state index in [2.05, 4.69) is 36.5 Å². The van der Waals surface area contributed by atoms with E-state index in [-0.39, 0.29) is 5.92 Å². The van der Waals surface area contributed by atoms with Crippen molar-refractivity contribution >= 4 is 34.1 Å². The fraction of sp³-hybridized carbons (Fsp3) is 0.444. The molecule has 26 heavy (non-hydrogen) atoms. The van der Waals surface area contributed by atoms with Crippen LogP contribution < -0.4 is 4.90 Å². The first-order chi connectivity index (χ1) is 12.8. The molecule has 1 N–H and O–H groups in total. The average molecular weight is 368 g/mol. The lowest BCUT2D eigenvalue weighted by molar-refractivity contribution is -0.137. The van der Waals surface area contributed by atoms with Gasteiger partial charge in [-0.3, -0.25) is 9.89 Å². The van der Waals surface area contributed by atoms with Gasteiger partial charge >= 0.3 is 0 Å². The topological polar surface area (TPSA) is 78.0 Å². The summed E-state index contributed by atoms with van der Waals surface area (Å²) in [6.45, 7) is 3.31. The maximum Gasteiger partial charge on any atom is 0.226 e. The normalized spacial score (nSPS) is 18.3. The molecule has 1 fully saturated rings. The van der Waals surface area contributed by atoms with Crippen molar-refractivity contribution in [3.05, 3.63) is 34.4 Å². The highest BCUT2D eigenvalue weighted by Crippen LogP contribution is 2.29. The van der Waals surface area contributed by atoms with E-state index in [0.29, 0.717) is 5.91 Å². The summed E-state index contributed by atoms with van der Waals surface area (Å²) >= 11 is 1.81. The Bertz CT molecular complexity index is 942. The van der Waals surface area contributed by atoms with E-state index < -0.39 is 0 Å². The number of anilines is 1. The summed E-state index contributed by atoms with van der Waals surface area (Å²) in [5.41, 5.74) is 2.09. The predicted octanol–water partition coefficient (Wildman–Crippen LogP) is 2.22. The van der Waals surface area contributed by atoms with Crippen LogP contribution in [-0.4, -0.2) is 50.6 Å². The van der Waals surface area contributed by atoms with Crippen molar-refractivity contribution in [2.24, 2.45) is 5.92 Å². The third-order valence-corrected chi connectivity index (χ3v) is 6.51. The van der Waals surface area contributed by atoms with Gasteiger partial charge in [0.05, 0.1) is 11.6 Å². The van der Waals surface area contributed by atoms with Gasteiger partial charge in [-0.25, -0.2) is 9.97 Å². The van der Waals surface area contributed by atoms with Crippen LogP contribution in [0.4, 0.5) is 5.82 Å². The minimum absolute atomic E-state index is 0.119. The first-order valence-electron chi connectivity index (χ1n) is 9.02. The number of nitrogens with one attached hydrogen (secondary N) is 1. The number of aromatic nitrogens is 4. The van der Waals surface area contributed by atoms with Gasteiger partial charge in [-0.1, -0.05) is 0 Å². The molecule has 0 spiro atoms. The van der Waals surface area contributed by atoms with Crippen LogP contribution in [0.3, 0.4) is 0 Å². The quantitative estimate of drug-likeness (QED) is 0.750. The summed E-state index contributed by atoms with van der Waals surface area (Å²) in [5, 5.41) is 10.0. The number of hydrogen-bond donors (Lipinski definition) is 1. The Labute approximate surface area is 155 Å². The number of carbonyl (C=O) groups excluding carboxylic acids is 1. The average Bonchev–Trinajstić information content (AvgIpc) is 3.35. The van der Waals surface area contributed by atoms with Crippen molar-refractivity contribution < 1.29 is 4.79 Å². The van der Waals surface area contributed by atoms with Gasteiger partial charge in [0.2, 0.25) is 5.91 Å². The van der Waals surface area contributed by atoms with Gasteiger partial charge in [0.15, 0.2) is 5.65 Å². The molecule has 2 aliphatic rings. The van der Waals surface area contributed by atoms with Crippen LogP contribution >= 0.6 is 11.3 Å². The lowest BCUT2D eigenvalue weighted by Crippen LogP contribution is -2.44. The standard InChI is InChI=1S/C18H20N6OS/c25-18(24-7-3-15-13(10-24)4-8-26-15)12-1-5-23(6-2-12)17-14-9-21-22-16(14)19-11-20-17/h4,8-9,11-12H,1-3,5-7,10H2,(H,19,20,21,22). The van der Waals surface area contributed by atoms with E-state index in [0.717, 1.165) is 62.3 Å².